The minimum Gasteiger partial charge on any atom is -0.251 e. The monoisotopic (exact) mass is 210 g/mol. The smallest absolute Gasteiger partial charge is 0.225 e. The van der Waals surface area contributed by atoms with Gasteiger partial charge >= 0.3 is 0 Å². The van der Waals surface area contributed by atoms with Gasteiger partial charge in [0.05, 0.1) is 6.21 Å². The molecule has 2 heterocycles. The van der Waals surface area contributed by atoms with Gasteiger partial charge in [0.25, 0.3) is 0 Å². The predicted molar refractivity (Wildman–Crippen MR) is 55.4 cm³/mol. The van der Waals surface area contributed by atoms with Crippen LogP contribution in [-0.4, -0.2) is 16.4 Å². The molecule has 13 heavy (non-hydrogen) atoms. The molecule has 0 aromatic carbocycles. The number of nitrogens with one attached hydrogen (secondary N) is 1. The van der Waals surface area contributed by atoms with Crippen LogP contribution in [0.2, 0.25) is 0 Å². The van der Waals surface area contributed by atoms with Crippen molar-refractivity contribution >= 4 is 34.0 Å². The zero-order chi connectivity index (χ0) is 8.93. The molecule has 0 saturated carbocycles. The van der Waals surface area contributed by atoms with Crippen molar-refractivity contribution in [1.82, 2.24) is 10.2 Å². The number of thiophene rings is 1. The van der Waals surface area contributed by atoms with Crippen molar-refractivity contribution in [3.63, 3.8) is 0 Å². The fourth-order valence-electron chi connectivity index (χ4n) is 0.738. The van der Waals surface area contributed by atoms with Gasteiger partial charge in [-0.2, -0.15) is 5.10 Å². The van der Waals surface area contributed by atoms with E-state index in [-0.39, 0.29) is 0 Å². The van der Waals surface area contributed by atoms with E-state index in [4.69, 9.17) is 0 Å². The maximum Gasteiger partial charge on any atom is 0.225 e. The lowest BCUT2D eigenvalue weighted by Gasteiger charge is -1.88. The summed E-state index contributed by atoms with van der Waals surface area (Å²) >= 11 is 3.05. The molecular weight excluding hydrogens is 204 g/mol. The normalized spacial score (nSPS) is 10.8. The maximum absolute atomic E-state index is 4.00. The van der Waals surface area contributed by atoms with E-state index in [0.717, 1.165) is 4.88 Å². The molecule has 0 amide bonds. The van der Waals surface area contributed by atoms with Crippen molar-refractivity contribution in [2.45, 2.75) is 0 Å². The van der Waals surface area contributed by atoms with Crippen LogP contribution in [-0.2, 0) is 0 Å². The molecule has 2 rings (SSSR count). The quantitative estimate of drug-likeness (QED) is 0.623. The van der Waals surface area contributed by atoms with Crippen molar-refractivity contribution in [3.05, 3.63) is 27.9 Å². The SMILES string of the molecule is C(=N\Nc1nncs1)/c1cccs1. The molecule has 0 aliphatic heterocycles. The lowest BCUT2D eigenvalue weighted by molar-refractivity contribution is 1.08. The molecule has 2 aromatic heterocycles. The third-order valence-corrected chi connectivity index (χ3v) is 2.66. The molecule has 0 fully saturated rings. The van der Waals surface area contributed by atoms with E-state index in [1.54, 1.807) is 23.1 Å². The highest BCUT2D eigenvalue weighted by Crippen LogP contribution is 2.08. The standard InChI is InChI=1S/C7H6N4S2/c1-2-6(12-3-1)4-8-10-7-11-9-5-13-7/h1-5H,(H,10,11)/b8-4+. The number of nitrogens with zero attached hydrogens (tertiary/aromatic N) is 3. The molecule has 6 heteroatoms. The number of hydrogen-bond donors (Lipinski definition) is 1. The van der Waals surface area contributed by atoms with Gasteiger partial charge in [0, 0.05) is 4.88 Å². The van der Waals surface area contributed by atoms with Crippen LogP contribution >= 0.6 is 22.7 Å². The fourth-order valence-corrected chi connectivity index (χ4v) is 1.72. The summed E-state index contributed by atoms with van der Waals surface area (Å²) in [7, 11) is 0. The zero-order valence-corrected chi connectivity index (χ0v) is 8.18. The summed E-state index contributed by atoms with van der Waals surface area (Å²) in [5.41, 5.74) is 4.44. The van der Waals surface area contributed by atoms with Gasteiger partial charge in [0.1, 0.15) is 5.51 Å². The molecule has 0 atom stereocenters. The summed E-state index contributed by atoms with van der Waals surface area (Å²) in [6.45, 7) is 0. The minimum atomic E-state index is 0.702. The molecule has 4 nitrogen and oxygen atoms in total. The van der Waals surface area contributed by atoms with Gasteiger partial charge in [0.15, 0.2) is 0 Å². The first-order chi connectivity index (χ1) is 6.45. The number of rotatable bonds is 3. The summed E-state index contributed by atoms with van der Waals surface area (Å²) in [5.74, 6) is 0. The Kier molecular flexibility index (Phi) is 2.63. The summed E-state index contributed by atoms with van der Waals surface area (Å²) in [6.07, 6.45) is 1.76. The Balaban J connectivity index is 1.93. The van der Waals surface area contributed by atoms with Gasteiger partial charge in [-0.1, -0.05) is 17.4 Å². The molecule has 0 saturated heterocycles. The zero-order valence-electron chi connectivity index (χ0n) is 6.54. The summed E-state index contributed by atoms with van der Waals surface area (Å²) in [5, 5.41) is 14.2. The Labute approximate surface area is 83.0 Å². The molecule has 2 aromatic rings. The van der Waals surface area contributed by atoms with Crippen LogP contribution < -0.4 is 5.43 Å². The van der Waals surface area contributed by atoms with Crippen LogP contribution in [0.3, 0.4) is 0 Å². The van der Waals surface area contributed by atoms with E-state index < -0.39 is 0 Å². The second-order valence-electron chi connectivity index (χ2n) is 2.13. The molecule has 0 bridgehead atoms. The van der Waals surface area contributed by atoms with E-state index in [1.807, 2.05) is 17.5 Å². The van der Waals surface area contributed by atoms with Gasteiger partial charge in [-0.25, -0.2) is 0 Å². The van der Waals surface area contributed by atoms with Crippen molar-refractivity contribution in [2.75, 3.05) is 5.43 Å². The highest BCUT2D eigenvalue weighted by Gasteiger charge is 1.90. The molecular formula is C7H6N4S2. The van der Waals surface area contributed by atoms with Gasteiger partial charge in [0.2, 0.25) is 5.13 Å². The number of hydrogen-bond acceptors (Lipinski definition) is 6. The van der Waals surface area contributed by atoms with Crippen molar-refractivity contribution in [2.24, 2.45) is 5.10 Å². The van der Waals surface area contributed by atoms with E-state index in [9.17, 15) is 0 Å². The Morgan fingerprint density at radius 3 is 3.15 bits per heavy atom. The fraction of sp³-hybridized carbons (Fsp3) is 0. The summed E-state index contributed by atoms with van der Waals surface area (Å²) in [6, 6.07) is 3.98. The summed E-state index contributed by atoms with van der Waals surface area (Å²) in [4.78, 5) is 1.11. The number of anilines is 1. The van der Waals surface area contributed by atoms with Gasteiger partial charge in [-0.05, 0) is 11.4 Å². The third-order valence-electron chi connectivity index (χ3n) is 1.26. The van der Waals surface area contributed by atoms with Crippen LogP contribution in [0.1, 0.15) is 4.88 Å². The largest absolute Gasteiger partial charge is 0.251 e. The number of aromatic nitrogens is 2. The lowest BCUT2D eigenvalue weighted by Crippen LogP contribution is -1.87. The molecule has 0 radical (unpaired) electrons. The van der Waals surface area contributed by atoms with Crippen molar-refractivity contribution in [3.8, 4) is 0 Å². The van der Waals surface area contributed by atoms with Gasteiger partial charge in [-0.3, -0.25) is 5.43 Å². The van der Waals surface area contributed by atoms with E-state index >= 15 is 0 Å². The van der Waals surface area contributed by atoms with Crippen LogP contribution in [0, 0.1) is 0 Å². The second-order valence-corrected chi connectivity index (χ2v) is 3.94. The highest BCUT2D eigenvalue weighted by atomic mass is 32.1. The van der Waals surface area contributed by atoms with Crippen LogP contribution in [0.5, 0.6) is 0 Å². The first-order valence-electron chi connectivity index (χ1n) is 3.54. The van der Waals surface area contributed by atoms with E-state index in [1.165, 1.54) is 11.3 Å². The Hall–Kier alpha value is -1.27. The van der Waals surface area contributed by atoms with Gasteiger partial charge in [-0.15, -0.1) is 21.5 Å². The Morgan fingerprint density at radius 1 is 1.46 bits per heavy atom. The first-order valence-corrected chi connectivity index (χ1v) is 5.30. The number of hydrazone groups is 1. The van der Waals surface area contributed by atoms with Crippen molar-refractivity contribution in [1.29, 1.82) is 0 Å². The minimum absolute atomic E-state index is 0.702. The Morgan fingerprint density at radius 2 is 2.46 bits per heavy atom. The highest BCUT2D eigenvalue weighted by molar-refractivity contribution is 7.13. The topological polar surface area (TPSA) is 50.2 Å². The average molecular weight is 210 g/mol. The second kappa shape index (κ2) is 4.11. The Bertz CT molecular complexity index is 365. The van der Waals surface area contributed by atoms with E-state index in [2.05, 4.69) is 20.7 Å². The van der Waals surface area contributed by atoms with Crippen LogP contribution in [0.25, 0.3) is 0 Å². The van der Waals surface area contributed by atoms with Gasteiger partial charge < -0.3 is 0 Å². The molecule has 1 N–H and O–H groups in total. The predicted octanol–water partition coefficient (Wildman–Crippen LogP) is 2.05. The average Bonchev–Trinajstić information content (AvgIpc) is 2.75. The lowest BCUT2D eigenvalue weighted by atomic mass is 10.5. The molecule has 0 aliphatic rings. The maximum atomic E-state index is 4.00. The molecule has 0 spiro atoms. The summed E-state index contributed by atoms with van der Waals surface area (Å²) < 4.78 is 0. The molecule has 0 unspecified atom stereocenters. The van der Waals surface area contributed by atoms with Crippen LogP contribution in [0.4, 0.5) is 5.13 Å². The van der Waals surface area contributed by atoms with Crippen LogP contribution in [0.15, 0.2) is 28.1 Å². The first kappa shape index (κ1) is 8.33. The van der Waals surface area contributed by atoms with E-state index in [0.29, 0.717) is 5.13 Å². The third kappa shape index (κ3) is 2.33. The van der Waals surface area contributed by atoms with Crippen molar-refractivity contribution < 1.29 is 0 Å². The molecule has 66 valence electrons. The molecule has 0 aliphatic carbocycles.